The number of hydrogen-bond acceptors (Lipinski definition) is 4. The van der Waals surface area contributed by atoms with E-state index in [0.717, 1.165) is 30.6 Å². The predicted octanol–water partition coefficient (Wildman–Crippen LogP) is 2.92. The van der Waals surface area contributed by atoms with E-state index in [1.165, 1.54) is 0 Å². The van der Waals surface area contributed by atoms with Crippen LogP contribution in [-0.2, 0) is 12.8 Å². The van der Waals surface area contributed by atoms with Gasteiger partial charge in [-0.05, 0) is 30.9 Å². The summed E-state index contributed by atoms with van der Waals surface area (Å²) in [5.74, 6) is 1.01. The molecule has 2 aromatic rings. The van der Waals surface area contributed by atoms with Crippen LogP contribution in [0.15, 0.2) is 28.8 Å². The number of anilines is 1. The van der Waals surface area contributed by atoms with Crippen molar-refractivity contribution in [3.05, 3.63) is 46.8 Å². The first-order valence-electron chi connectivity index (χ1n) is 6.97. The van der Waals surface area contributed by atoms with Crippen LogP contribution in [0.3, 0.4) is 0 Å². The van der Waals surface area contributed by atoms with Crippen molar-refractivity contribution in [2.75, 3.05) is 5.32 Å². The summed E-state index contributed by atoms with van der Waals surface area (Å²) < 4.78 is 5.27. The third kappa shape index (κ3) is 2.52. The Kier molecular flexibility index (Phi) is 3.44. The quantitative estimate of drug-likeness (QED) is 0.917. The van der Waals surface area contributed by atoms with E-state index in [-0.39, 0.29) is 5.91 Å². The highest BCUT2D eigenvalue weighted by atomic mass is 16.5. The minimum Gasteiger partial charge on any atom is -0.360 e. The fraction of sp³-hybridized carbons (Fsp3) is 0.312. The standard InChI is InChI=1S/C16H15N3O2/c1-10-6-7-14-12(8-10)15(19-21-14)16(20)18-13-5-3-2-4-11(13)9-17/h2-5,10H,6-8H2,1H3,(H,18,20)/t10-/m1/s1. The molecule has 1 aromatic heterocycles. The van der Waals surface area contributed by atoms with E-state index in [0.29, 0.717) is 22.9 Å². The maximum atomic E-state index is 12.4. The number of nitriles is 1. The Morgan fingerprint density at radius 3 is 3.10 bits per heavy atom. The number of fused-ring (bicyclic) bond motifs is 1. The van der Waals surface area contributed by atoms with Crippen LogP contribution in [0.1, 0.15) is 40.7 Å². The van der Waals surface area contributed by atoms with E-state index in [2.05, 4.69) is 23.5 Å². The highest BCUT2D eigenvalue weighted by Gasteiger charge is 2.27. The monoisotopic (exact) mass is 281 g/mol. The lowest BCUT2D eigenvalue weighted by Gasteiger charge is -2.16. The zero-order valence-electron chi connectivity index (χ0n) is 11.7. The van der Waals surface area contributed by atoms with Crippen LogP contribution in [0.2, 0.25) is 0 Å². The Bertz CT molecular complexity index is 727. The number of carbonyl (C=O) groups is 1. The van der Waals surface area contributed by atoms with Crippen molar-refractivity contribution in [3.8, 4) is 6.07 Å². The molecular weight excluding hydrogens is 266 g/mol. The van der Waals surface area contributed by atoms with Gasteiger partial charge >= 0.3 is 0 Å². The summed E-state index contributed by atoms with van der Waals surface area (Å²) in [6, 6.07) is 8.95. The summed E-state index contributed by atoms with van der Waals surface area (Å²) in [7, 11) is 0. The van der Waals surface area contributed by atoms with Crippen LogP contribution in [-0.4, -0.2) is 11.1 Å². The molecule has 1 amide bonds. The Hall–Kier alpha value is -2.61. The van der Waals surface area contributed by atoms with Gasteiger partial charge in [0.05, 0.1) is 11.3 Å². The highest BCUT2D eigenvalue weighted by Crippen LogP contribution is 2.28. The Morgan fingerprint density at radius 1 is 1.48 bits per heavy atom. The molecule has 1 aliphatic carbocycles. The van der Waals surface area contributed by atoms with Crippen LogP contribution in [0.4, 0.5) is 5.69 Å². The fourth-order valence-corrected chi connectivity index (χ4v) is 2.63. The van der Waals surface area contributed by atoms with E-state index in [4.69, 9.17) is 9.78 Å². The van der Waals surface area contributed by atoms with E-state index >= 15 is 0 Å². The summed E-state index contributed by atoms with van der Waals surface area (Å²) in [5.41, 5.74) is 2.16. The minimum atomic E-state index is -0.322. The number of nitrogens with zero attached hydrogens (tertiary/aromatic N) is 2. The van der Waals surface area contributed by atoms with Crippen molar-refractivity contribution in [1.29, 1.82) is 5.26 Å². The third-order valence-electron chi connectivity index (χ3n) is 3.80. The molecule has 1 aromatic carbocycles. The molecule has 0 saturated carbocycles. The van der Waals surface area contributed by atoms with Gasteiger partial charge in [0.25, 0.3) is 5.91 Å². The van der Waals surface area contributed by atoms with E-state index in [1.807, 2.05) is 0 Å². The van der Waals surface area contributed by atoms with Gasteiger partial charge in [0.2, 0.25) is 0 Å². The molecule has 0 bridgehead atoms. The topological polar surface area (TPSA) is 78.9 Å². The molecule has 1 aliphatic rings. The largest absolute Gasteiger partial charge is 0.360 e. The van der Waals surface area contributed by atoms with Gasteiger partial charge in [-0.25, -0.2) is 0 Å². The molecule has 1 heterocycles. The van der Waals surface area contributed by atoms with Crippen LogP contribution < -0.4 is 5.32 Å². The van der Waals surface area contributed by atoms with E-state index in [1.54, 1.807) is 24.3 Å². The van der Waals surface area contributed by atoms with Crippen molar-refractivity contribution in [1.82, 2.24) is 5.16 Å². The number of aromatic nitrogens is 1. The van der Waals surface area contributed by atoms with Crippen LogP contribution in [0.25, 0.3) is 0 Å². The molecule has 21 heavy (non-hydrogen) atoms. The Morgan fingerprint density at radius 2 is 2.29 bits per heavy atom. The fourth-order valence-electron chi connectivity index (χ4n) is 2.63. The molecule has 0 unspecified atom stereocenters. The Labute approximate surface area is 122 Å². The van der Waals surface area contributed by atoms with Crippen LogP contribution in [0.5, 0.6) is 0 Å². The van der Waals surface area contributed by atoms with Gasteiger partial charge in [-0.1, -0.05) is 24.2 Å². The van der Waals surface area contributed by atoms with Crippen LogP contribution >= 0.6 is 0 Å². The van der Waals surface area contributed by atoms with Gasteiger partial charge < -0.3 is 9.84 Å². The smallest absolute Gasteiger partial charge is 0.278 e. The first kappa shape index (κ1) is 13.4. The maximum absolute atomic E-state index is 12.4. The molecule has 0 fully saturated rings. The molecule has 0 aliphatic heterocycles. The molecule has 5 nitrogen and oxygen atoms in total. The van der Waals surface area contributed by atoms with Crippen molar-refractivity contribution < 1.29 is 9.32 Å². The number of amides is 1. The average Bonchev–Trinajstić information content (AvgIpc) is 2.90. The lowest BCUT2D eigenvalue weighted by atomic mass is 9.88. The van der Waals surface area contributed by atoms with Crippen molar-refractivity contribution in [2.24, 2.45) is 5.92 Å². The first-order valence-corrected chi connectivity index (χ1v) is 6.97. The number of benzene rings is 1. The maximum Gasteiger partial charge on any atom is 0.278 e. The number of carbonyl (C=O) groups excluding carboxylic acids is 1. The normalized spacial score (nSPS) is 16.9. The molecule has 1 N–H and O–H groups in total. The molecule has 0 saturated heterocycles. The summed E-state index contributed by atoms with van der Waals surface area (Å²) in [4.78, 5) is 12.4. The van der Waals surface area contributed by atoms with E-state index in [9.17, 15) is 4.79 Å². The number of rotatable bonds is 2. The van der Waals surface area contributed by atoms with Crippen molar-refractivity contribution >= 4 is 11.6 Å². The highest BCUT2D eigenvalue weighted by molar-refractivity contribution is 6.04. The number of para-hydroxylation sites is 1. The summed E-state index contributed by atoms with van der Waals surface area (Å²) in [6.45, 7) is 2.16. The second kappa shape index (κ2) is 5.41. The van der Waals surface area contributed by atoms with Gasteiger partial charge in [-0.2, -0.15) is 5.26 Å². The molecule has 1 atom stereocenters. The zero-order chi connectivity index (χ0) is 14.8. The number of hydrogen-bond donors (Lipinski definition) is 1. The lowest BCUT2D eigenvalue weighted by molar-refractivity contribution is 0.101. The molecule has 3 rings (SSSR count). The van der Waals surface area contributed by atoms with Crippen LogP contribution in [0, 0.1) is 17.2 Å². The van der Waals surface area contributed by atoms with Crippen molar-refractivity contribution in [2.45, 2.75) is 26.2 Å². The SMILES string of the molecule is C[C@@H]1CCc2onc(C(=O)Nc3ccccc3C#N)c2C1. The van der Waals surface area contributed by atoms with Gasteiger partial charge in [-0.3, -0.25) is 4.79 Å². The average molecular weight is 281 g/mol. The molecule has 0 spiro atoms. The molecule has 5 heteroatoms. The zero-order valence-corrected chi connectivity index (χ0v) is 11.7. The van der Waals surface area contributed by atoms with Gasteiger partial charge in [0.15, 0.2) is 5.69 Å². The second-order valence-corrected chi connectivity index (χ2v) is 5.39. The summed E-state index contributed by atoms with van der Waals surface area (Å²) in [6.07, 6.45) is 2.69. The molecule has 106 valence electrons. The van der Waals surface area contributed by atoms with E-state index < -0.39 is 0 Å². The third-order valence-corrected chi connectivity index (χ3v) is 3.80. The number of nitrogens with one attached hydrogen (secondary N) is 1. The summed E-state index contributed by atoms with van der Waals surface area (Å²) in [5, 5.41) is 15.7. The van der Waals surface area contributed by atoms with Gasteiger partial charge in [-0.15, -0.1) is 0 Å². The second-order valence-electron chi connectivity index (χ2n) is 5.39. The predicted molar refractivity (Wildman–Crippen MR) is 76.8 cm³/mol. The molecule has 0 radical (unpaired) electrons. The number of aryl methyl sites for hydroxylation is 1. The minimum absolute atomic E-state index is 0.322. The van der Waals surface area contributed by atoms with Crippen molar-refractivity contribution in [3.63, 3.8) is 0 Å². The lowest BCUT2D eigenvalue weighted by Crippen LogP contribution is -2.18. The first-order chi connectivity index (χ1) is 10.2. The molecular formula is C16H15N3O2. The Balaban J connectivity index is 1.87. The summed E-state index contributed by atoms with van der Waals surface area (Å²) >= 11 is 0. The van der Waals surface area contributed by atoms with Gasteiger partial charge in [0, 0.05) is 12.0 Å². The van der Waals surface area contributed by atoms with Gasteiger partial charge in [0.1, 0.15) is 11.8 Å².